The predicted octanol–water partition coefficient (Wildman–Crippen LogP) is 1.86. The van der Waals surface area contributed by atoms with Gasteiger partial charge in [-0.2, -0.15) is 0 Å². The van der Waals surface area contributed by atoms with Gasteiger partial charge in [0.2, 0.25) is 5.75 Å². The maximum Gasteiger partial charge on any atom is 0.404 e. The van der Waals surface area contributed by atoms with Crippen molar-refractivity contribution in [1.82, 2.24) is 10.2 Å². The molecule has 1 heterocycles. The smallest absolute Gasteiger partial charge is 0.404 e. The van der Waals surface area contributed by atoms with Crippen LogP contribution in [0, 0.1) is 10.1 Å². The van der Waals surface area contributed by atoms with Crippen LogP contribution in [0.25, 0.3) is 0 Å². The quantitative estimate of drug-likeness (QED) is 0.639. The van der Waals surface area contributed by atoms with Crippen LogP contribution in [0.3, 0.4) is 0 Å². The molecule has 1 aromatic carbocycles. The summed E-state index contributed by atoms with van der Waals surface area (Å²) in [6.45, 7) is 4.04. The third kappa shape index (κ3) is 3.73. The van der Waals surface area contributed by atoms with Crippen LogP contribution < -0.4 is 10.1 Å². The summed E-state index contributed by atoms with van der Waals surface area (Å²) in [4.78, 5) is 35.6. The van der Waals surface area contributed by atoms with E-state index in [-0.39, 0.29) is 35.5 Å². The van der Waals surface area contributed by atoms with E-state index < -0.39 is 17.1 Å². The molecule has 0 saturated heterocycles. The van der Waals surface area contributed by atoms with Gasteiger partial charge in [0.05, 0.1) is 17.0 Å². The van der Waals surface area contributed by atoms with Crippen LogP contribution >= 0.6 is 0 Å². The summed E-state index contributed by atoms with van der Waals surface area (Å²) < 4.78 is 5.66. The first-order chi connectivity index (χ1) is 11.3. The zero-order valence-corrected chi connectivity index (χ0v) is 13.4. The highest BCUT2D eigenvalue weighted by atomic mass is 16.6. The van der Waals surface area contributed by atoms with Crippen molar-refractivity contribution in [2.24, 2.45) is 0 Å². The van der Waals surface area contributed by atoms with Gasteiger partial charge in [-0.25, -0.2) is 4.79 Å². The van der Waals surface area contributed by atoms with Crippen LogP contribution in [-0.4, -0.2) is 52.2 Å². The number of benzene rings is 1. The van der Waals surface area contributed by atoms with E-state index in [0.29, 0.717) is 13.0 Å². The Hall–Kier alpha value is -2.84. The third-order valence-corrected chi connectivity index (χ3v) is 3.76. The van der Waals surface area contributed by atoms with Gasteiger partial charge in [-0.3, -0.25) is 14.9 Å². The number of hydrogen-bond acceptors (Lipinski definition) is 5. The fraction of sp³-hybridized carbons (Fsp3) is 0.467. The molecule has 0 saturated carbocycles. The van der Waals surface area contributed by atoms with Crippen LogP contribution in [0.4, 0.5) is 10.5 Å². The molecule has 0 bridgehead atoms. The Balaban J connectivity index is 2.46. The highest BCUT2D eigenvalue weighted by molar-refractivity contribution is 5.98. The van der Waals surface area contributed by atoms with Gasteiger partial charge in [0.15, 0.2) is 0 Å². The SMILES string of the molecule is CC(C)N1CCC(CNC(=O)O)Oc2c(cccc2[N+](=O)[O-])C1=O. The number of ether oxygens (including phenoxy) is 1. The predicted molar refractivity (Wildman–Crippen MR) is 84.3 cm³/mol. The van der Waals surface area contributed by atoms with Crippen molar-refractivity contribution >= 4 is 17.7 Å². The molecular formula is C15H19N3O6. The fourth-order valence-electron chi connectivity index (χ4n) is 2.56. The van der Waals surface area contributed by atoms with Crippen molar-refractivity contribution in [3.05, 3.63) is 33.9 Å². The lowest BCUT2D eigenvalue weighted by atomic mass is 10.1. The molecule has 130 valence electrons. The largest absolute Gasteiger partial charge is 0.481 e. The highest BCUT2D eigenvalue weighted by Gasteiger charge is 2.32. The van der Waals surface area contributed by atoms with E-state index in [0.717, 1.165) is 0 Å². The minimum atomic E-state index is -1.21. The number of nitrogens with zero attached hydrogens (tertiary/aromatic N) is 2. The number of nitrogens with one attached hydrogen (secondary N) is 1. The summed E-state index contributed by atoms with van der Waals surface area (Å²) in [6.07, 6.45) is -1.47. The Morgan fingerprint density at radius 3 is 2.83 bits per heavy atom. The van der Waals surface area contributed by atoms with Gasteiger partial charge >= 0.3 is 11.8 Å². The van der Waals surface area contributed by atoms with Gasteiger partial charge < -0.3 is 20.1 Å². The number of hydrogen-bond donors (Lipinski definition) is 2. The number of carboxylic acid groups (broad SMARTS) is 1. The van der Waals surface area contributed by atoms with E-state index in [2.05, 4.69) is 5.32 Å². The van der Waals surface area contributed by atoms with Crippen LogP contribution in [0.5, 0.6) is 5.75 Å². The van der Waals surface area contributed by atoms with Crippen molar-refractivity contribution in [2.45, 2.75) is 32.4 Å². The molecule has 9 nitrogen and oxygen atoms in total. The molecule has 1 atom stereocenters. The van der Waals surface area contributed by atoms with Crippen LogP contribution in [0.1, 0.15) is 30.6 Å². The standard InChI is InChI=1S/C15H19N3O6/c1-9(2)17-7-6-10(8-16-15(20)21)24-13-11(14(17)19)4-3-5-12(13)18(22)23/h3-5,9-10,16H,6-8H2,1-2H3,(H,20,21). The Labute approximate surface area is 138 Å². The number of amides is 2. The monoisotopic (exact) mass is 337 g/mol. The van der Waals surface area contributed by atoms with Crippen molar-refractivity contribution in [1.29, 1.82) is 0 Å². The molecule has 9 heteroatoms. The molecule has 2 amide bonds. The molecule has 2 N–H and O–H groups in total. The number of nitro benzene ring substituents is 1. The van der Waals surface area contributed by atoms with Gasteiger partial charge in [-0.05, 0) is 19.9 Å². The first-order valence-electron chi connectivity index (χ1n) is 7.53. The molecular weight excluding hydrogens is 318 g/mol. The average Bonchev–Trinajstić information content (AvgIpc) is 2.49. The van der Waals surface area contributed by atoms with E-state index in [9.17, 15) is 19.7 Å². The van der Waals surface area contributed by atoms with Crippen LogP contribution in [-0.2, 0) is 0 Å². The van der Waals surface area contributed by atoms with Crippen molar-refractivity contribution < 1.29 is 24.4 Å². The molecule has 1 aromatic rings. The first kappa shape index (κ1) is 17.5. The van der Waals surface area contributed by atoms with E-state index in [4.69, 9.17) is 9.84 Å². The molecule has 24 heavy (non-hydrogen) atoms. The zero-order chi connectivity index (χ0) is 17.9. The molecule has 0 aliphatic carbocycles. The van der Waals surface area contributed by atoms with Crippen LogP contribution in [0.2, 0.25) is 0 Å². The van der Waals surface area contributed by atoms with E-state index in [1.165, 1.54) is 18.2 Å². The topological polar surface area (TPSA) is 122 Å². The lowest BCUT2D eigenvalue weighted by Gasteiger charge is -2.32. The van der Waals surface area contributed by atoms with E-state index in [1.54, 1.807) is 4.90 Å². The van der Waals surface area contributed by atoms with Gasteiger partial charge in [0.25, 0.3) is 5.91 Å². The molecule has 1 unspecified atom stereocenters. The van der Waals surface area contributed by atoms with Gasteiger partial charge in [0, 0.05) is 25.1 Å². The summed E-state index contributed by atoms with van der Waals surface area (Å²) in [5.41, 5.74) is -0.204. The maximum atomic E-state index is 12.7. The Kier molecular flexibility index (Phi) is 5.22. The van der Waals surface area contributed by atoms with Crippen LogP contribution in [0.15, 0.2) is 18.2 Å². The van der Waals surface area contributed by atoms with Gasteiger partial charge in [-0.15, -0.1) is 0 Å². The fourth-order valence-corrected chi connectivity index (χ4v) is 2.56. The second kappa shape index (κ2) is 7.16. The normalized spacial score (nSPS) is 17.5. The van der Waals surface area contributed by atoms with Gasteiger partial charge in [0.1, 0.15) is 6.10 Å². The summed E-state index contributed by atoms with van der Waals surface area (Å²) in [6, 6.07) is 4.07. The summed E-state index contributed by atoms with van der Waals surface area (Å²) in [7, 11) is 0. The maximum absolute atomic E-state index is 12.7. The molecule has 1 aliphatic rings. The second-order valence-electron chi connectivity index (χ2n) is 5.72. The van der Waals surface area contributed by atoms with Crippen molar-refractivity contribution in [3.8, 4) is 5.75 Å². The summed E-state index contributed by atoms with van der Waals surface area (Å²) in [5, 5.41) is 22.2. The number of fused-ring (bicyclic) bond motifs is 1. The molecule has 1 aliphatic heterocycles. The molecule has 0 aromatic heterocycles. The molecule has 2 rings (SSSR count). The molecule has 0 spiro atoms. The van der Waals surface area contributed by atoms with E-state index in [1.807, 2.05) is 13.8 Å². The van der Waals surface area contributed by atoms with Gasteiger partial charge in [-0.1, -0.05) is 6.07 Å². The van der Waals surface area contributed by atoms with Crippen molar-refractivity contribution in [3.63, 3.8) is 0 Å². The minimum Gasteiger partial charge on any atom is -0.481 e. The number of carbonyl (C=O) groups is 2. The van der Waals surface area contributed by atoms with Crippen molar-refractivity contribution in [2.75, 3.05) is 13.1 Å². The summed E-state index contributed by atoms with van der Waals surface area (Å²) >= 11 is 0. The average molecular weight is 337 g/mol. The second-order valence-corrected chi connectivity index (χ2v) is 5.72. The minimum absolute atomic E-state index is 0.0268. The lowest BCUT2D eigenvalue weighted by molar-refractivity contribution is -0.386. The number of rotatable bonds is 4. The highest BCUT2D eigenvalue weighted by Crippen LogP contribution is 2.34. The lowest BCUT2D eigenvalue weighted by Crippen LogP contribution is -2.44. The number of carbonyl (C=O) groups excluding carboxylic acids is 1. The number of nitro groups is 1. The Morgan fingerprint density at radius 2 is 2.25 bits per heavy atom. The molecule has 0 fully saturated rings. The number of para-hydroxylation sites is 1. The zero-order valence-electron chi connectivity index (χ0n) is 13.4. The molecule has 0 radical (unpaired) electrons. The van der Waals surface area contributed by atoms with E-state index >= 15 is 0 Å². The Bertz CT molecular complexity index is 661. The summed E-state index contributed by atoms with van der Waals surface area (Å²) in [5.74, 6) is -0.455. The third-order valence-electron chi connectivity index (χ3n) is 3.76. The Morgan fingerprint density at radius 1 is 1.54 bits per heavy atom. The first-order valence-corrected chi connectivity index (χ1v) is 7.53.